The van der Waals surface area contributed by atoms with E-state index in [1.165, 1.54) is 4.31 Å². The van der Waals surface area contributed by atoms with Crippen molar-refractivity contribution in [1.29, 1.82) is 5.26 Å². The highest BCUT2D eigenvalue weighted by Crippen LogP contribution is 2.32. The van der Waals surface area contributed by atoms with Gasteiger partial charge in [0.2, 0.25) is 10.0 Å². The molecule has 0 aliphatic carbocycles. The predicted octanol–water partition coefficient (Wildman–Crippen LogP) is 3.58. The lowest BCUT2D eigenvalue weighted by molar-refractivity contribution is -0.140. The first-order valence-corrected chi connectivity index (χ1v) is 15.8. The lowest BCUT2D eigenvalue weighted by Gasteiger charge is -2.27. The molecule has 0 N–H and O–H groups in total. The van der Waals surface area contributed by atoms with Crippen molar-refractivity contribution in [3.63, 3.8) is 0 Å². The number of carbonyl (C=O) groups excluding carboxylic acids is 2. The van der Waals surface area contributed by atoms with Crippen LogP contribution in [-0.2, 0) is 29.1 Å². The Morgan fingerprint density at radius 1 is 1.07 bits per heavy atom. The monoisotopic (exact) mass is 615 g/mol. The number of para-hydroxylation sites is 1. The molecule has 2 amide bonds. The molecule has 11 nitrogen and oxygen atoms in total. The van der Waals surface area contributed by atoms with E-state index in [2.05, 4.69) is 0 Å². The van der Waals surface area contributed by atoms with Gasteiger partial charge in [-0.1, -0.05) is 30.3 Å². The average Bonchev–Trinajstić information content (AvgIpc) is 3.48. The second-order valence-corrected chi connectivity index (χ2v) is 12.2. The van der Waals surface area contributed by atoms with Gasteiger partial charge in [-0.25, -0.2) is 13.1 Å². The molecular weight excluding hydrogens is 582 g/mol. The Labute approximate surface area is 256 Å². The van der Waals surface area contributed by atoms with Crippen molar-refractivity contribution in [1.82, 2.24) is 19.0 Å². The van der Waals surface area contributed by atoms with E-state index in [0.717, 1.165) is 10.6 Å². The van der Waals surface area contributed by atoms with Gasteiger partial charge in [0.15, 0.2) is 0 Å². The van der Waals surface area contributed by atoms with Crippen LogP contribution < -0.4 is 0 Å². The first-order valence-electron chi connectivity index (χ1n) is 14.4. The zero-order chi connectivity index (χ0) is 31.3. The largest absolute Gasteiger partial charge is 0.382 e. The first kappa shape index (κ1) is 31.0. The summed E-state index contributed by atoms with van der Waals surface area (Å²) in [6.07, 6.45) is 3.78. The van der Waals surface area contributed by atoms with Crippen molar-refractivity contribution >= 4 is 27.9 Å². The summed E-state index contributed by atoms with van der Waals surface area (Å²) in [4.78, 5) is 27.9. The number of amides is 2. The smallest absolute Gasteiger partial charge is 0.271 e. The van der Waals surface area contributed by atoms with Crippen molar-refractivity contribution in [3.8, 4) is 23.0 Å². The van der Waals surface area contributed by atoms with E-state index in [1.54, 1.807) is 48.1 Å². The molecule has 0 unspecified atom stereocenters. The minimum Gasteiger partial charge on any atom is -0.382 e. The fourth-order valence-corrected chi connectivity index (χ4v) is 6.58. The van der Waals surface area contributed by atoms with Gasteiger partial charge in [-0.05, 0) is 56.2 Å². The Kier molecular flexibility index (Phi) is 9.51. The van der Waals surface area contributed by atoms with Crippen LogP contribution in [0.3, 0.4) is 0 Å². The van der Waals surface area contributed by atoms with Crippen molar-refractivity contribution in [2.45, 2.75) is 25.2 Å². The summed E-state index contributed by atoms with van der Waals surface area (Å²) >= 11 is 0. The third kappa shape index (κ3) is 6.27. The zero-order valence-corrected chi connectivity index (χ0v) is 25.4. The maximum Gasteiger partial charge on any atom is 0.271 e. The summed E-state index contributed by atoms with van der Waals surface area (Å²) in [5.41, 5.74) is 2.56. The van der Waals surface area contributed by atoms with E-state index in [1.807, 2.05) is 43.3 Å². The van der Waals surface area contributed by atoms with E-state index in [-0.39, 0.29) is 41.2 Å². The van der Waals surface area contributed by atoms with Crippen LogP contribution in [-0.4, -0.2) is 85.3 Å². The Balaban J connectivity index is 1.61. The summed E-state index contributed by atoms with van der Waals surface area (Å²) < 4.78 is 40.7. The molecule has 1 saturated heterocycles. The fraction of sp³-hybridized carbons (Fsp3) is 0.312. The summed E-state index contributed by atoms with van der Waals surface area (Å²) in [7, 11) is -3.78. The maximum atomic E-state index is 13.7. The molecule has 0 saturated carbocycles. The van der Waals surface area contributed by atoms with E-state index < -0.39 is 21.8 Å². The Hall–Kier alpha value is -4.41. The van der Waals surface area contributed by atoms with Crippen LogP contribution in [0, 0.1) is 11.3 Å². The number of morpholine rings is 1. The topological polar surface area (TPSA) is 135 Å². The zero-order valence-electron chi connectivity index (χ0n) is 24.6. The lowest BCUT2D eigenvalue weighted by atomic mass is 9.93. The van der Waals surface area contributed by atoms with Gasteiger partial charge in [-0.15, -0.1) is 0 Å². The number of rotatable bonds is 10. The highest BCUT2D eigenvalue weighted by molar-refractivity contribution is 7.89. The third-order valence-corrected chi connectivity index (χ3v) is 9.37. The lowest BCUT2D eigenvalue weighted by Crippen LogP contribution is -2.43. The molecular formula is C32H33N5O6S. The molecule has 2 aromatic carbocycles. The SMILES string of the molecule is CCOCCCN1C(=O)C(C#N)=C(C)/C(=C\c2cn(-c3ccccc3)nc2-c2cccc(S(=O)(=O)N3CCOCC3)c2)C1=O. The normalized spacial score (nSPS) is 17.4. The van der Waals surface area contributed by atoms with E-state index in [0.29, 0.717) is 49.7 Å². The van der Waals surface area contributed by atoms with Crippen LogP contribution >= 0.6 is 0 Å². The number of nitriles is 1. The molecule has 0 radical (unpaired) electrons. The average molecular weight is 616 g/mol. The Morgan fingerprint density at radius 2 is 1.82 bits per heavy atom. The molecule has 1 aromatic heterocycles. The van der Waals surface area contributed by atoms with Gasteiger partial charge in [-0.3, -0.25) is 14.5 Å². The van der Waals surface area contributed by atoms with Gasteiger partial charge in [-0.2, -0.15) is 14.7 Å². The van der Waals surface area contributed by atoms with Crippen molar-refractivity contribution in [2.75, 3.05) is 46.1 Å². The van der Waals surface area contributed by atoms with Gasteiger partial charge >= 0.3 is 0 Å². The number of hydrogen-bond donors (Lipinski definition) is 0. The van der Waals surface area contributed by atoms with E-state index in [4.69, 9.17) is 14.6 Å². The minimum atomic E-state index is -3.78. The molecule has 2 aliphatic rings. The second-order valence-electron chi connectivity index (χ2n) is 10.2. The summed E-state index contributed by atoms with van der Waals surface area (Å²) in [6, 6.07) is 17.9. The number of ether oxygens (including phenoxy) is 2. The molecule has 0 spiro atoms. The Morgan fingerprint density at radius 3 is 2.52 bits per heavy atom. The minimum absolute atomic E-state index is 0.102. The molecule has 1 fully saturated rings. The standard InChI is InChI=1S/C32H33N5O6S/c1-3-42-16-8-13-36-31(38)28(23(2)29(21-33)32(36)39)20-25-22-37(26-10-5-4-6-11-26)34-30(25)24-9-7-12-27(19-24)44(40,41)35-14-17-43-18-15-35/h4-7,9-12,19-20,22H,3,8,13-18H2,1-2H3/b28-20+. The highest BCUT2D eigenvalue weighted by Gasteiger charge is 2.35. The number of sulfonamides is 1. The first-order chi connectivity index (χ1) is 21.3. The number of hydrogen-bond acceptors (Lipinski definition) is 8. The van der Waals surface area contributed by atoms with Gasteiger partial charge in [0.25, 0.3) is 11.8 Å². The second kappa shape index (κ2) is 13.5. The number of benzene rings is 2. The maximum absolute atomic E-state index is 13.7. The molecule has 12 heteroatoms. The van der Waals surface area contributed by atoms with Gasteiger partial charge < -0.3 is 9.47 Å². The van der Waals surface area contributed by atoms with Gasteiger partial charge in [0.05, 0.1) is 23.8 Å². The summed E-state index contributed by atoms with van der Waals surface area (Å²) in [5.74, 6) is -1.16. The molecule has 3 aromatic rings. The Bertz CT molecular complexity index is 1770. The summed E-state index contributed by atoms with van der Waals surface area (Å²) in [5, 5.41) is 14.6. The van der Waals surface area contributed by atoms with Crippen LogP contribution in [0.4, 0.5) is 0 Å². The molecule has 0 atom stereocenters. The molecule has 0 bridgehead atoms. The van der Waals surface area contributed by atoms with Crippen molar-refractivity contribution < 1.29 is 27.5 Å². The number of aromatic nitrogens is 2. The van der Waals surface area contributed by atoms with E-state index >= 15 is 0 Å². The van der Waals surface area contributed by atoms with Crippen LogP contribution in [0.1, 0.15) is 25.8 Å². The third-order valence-electron chi connectivity index (χ3n) is 7.48. The number of carbonyl (C=O) groups is 2. The predicted molar refractivity (Wildman–Crippen MR) is 163 cm³/mol. The summed E-state index contributed by atoms with van der Waals surface area (Å²) in [6.45, 7) is 5.61. The quantitative estimate of drug-likeness (QED) is 0.192. The van der Waals surface area contributed by atoms with Crippen molar-refractivity contribution in [3.05, 3.63) is 83.1 Å². The molecule has 3 heterocycles. The van der Waals surface area contributed by atoms with Crippen LogP contribution in [0.2, 0.25) is 0 Å². The van der Waals surface area contributed by atoms with Gasteiger partial charge in [0, 0.05) is 55.7 Å². The number of nitrogens with zero attached hydrogens (tertiary/aromatic N) is 5. The van der Waals surface area contributed by atoms with Crippen LogP contribution in [0.5, 0.6) is 0 Å². The van der Waals surface area contributed by atoms with Crippen LogP contribution in [0.15, 0.2) is 82.4 Å². The molecule has 5 rings (SSSR count). The van der Waals surface area contributed by atoms with Crippen LogP contribution in [0.25, 0.3) is 23.0 Å². The van der Waals surface area contributed by atoms with E-state index in [9.17, 15) is 23.3 Å². The van der Waals surface area contributed by atoms with Gasteiger partial charge in [0.1, 0.15) is 17.3 Å². The fourth-order valence-electron chi connectivity index (χ4n) is 5.13. The number of imide groups is 1. The highest BCUT2D eigenvalue weighted by atomic mass is 32.2. The van der Waals surface area contributed by atoms with Crippen molar-refractivity contribution in [2.24, 2.45) is 0 Å². The molecule has 228 valence electrons. The molecule has 2 aliphatic heterocycles. The molecule has 44 heavy (non-hydrogen) atoms.